The van der Waals surface area contributed by atoms with Gasteiger partial charge in [-0.2, -0.15) is 0 Å². The van der Waals surface area contributed by atoms with Gasteiger partial charge in [-0.25, -0.2) is 13.8 Å². The van der Waals surface area contributed by atoms with Gasteiger partial charge in [0.2, 0.25) is 5.28 Å². The number of imidazole rings is 1. The van der Waals surface area contributed by atoms with Crippen molar-refractivity contribution in [2.75, 3.05) is 0 Å². The van der Waals surface area contributed by atoms with Crippen molar-refractivity contribution in [1.82, 2.24) is 9.55 Å². The first kappa shape index (κ1) is 15.0. The average Bonchev–Trinajstić information content (AvgIpc) is 2.75. The molecule has 3 rings (SSSR count). The molecule has 0 unspecified atom stereocenters. The Hall–Kier alpha value is -1.91. The van der Waals surface area contributed by atoms with E-state index in [0.717, 1.165) is 0 Å². The second kappa shape index (κ2) is 5.71. The van der Waals surface area contributed by atoms with E-state index in [1.807, 2.05) is 0 Å². The quantitative estimate of drug-likeness (QED) is 0.608. The molecule has 6 heteroatoms. The van der Waals surface area contributed by atoms with Crippen molar-refractivity contribution in [2.24, 2.45) is 0 Å². The molecule has 2 nitrogen and oxygen atoms in total. The fraction of sp³-hybridized carbons (Fsp3) is 0.0625. The maximum atomic E-state index is 14.1. The van der Waals surface area contributed by atoms with E-state index in [1.54, 1.807) is 31.2 Å². The van der Waals surface area contributed by atoms with Gasteiger partial charge in [0.15, 0.2) is 0 Å². The Morgan fingerprint density at radius 1 is 0.955 bits per heavy atom. The van der Waals surface area contributed by atoms with Crippen LogP contribution in [-0.2, 0) is 0 Å². The normalized spacial score (nSPS) is 11.0. The van der Waals surface area contributed by atoms with Crippen LogP contribution < -0.4 is 0 Å². The van der Waals surface area contributed by atoms with Gasteiger partial charge in [-0.1, -0.05) is 17.7 Å². The van der Waals surface area contributed by atoms with E-state index in [2.05, 4.69) is 4.98 Å². The van der Waals surface area contributed by atoms with Crippen LogP contribution in [0.2, 0.25) is 10.3 Å². The second-order valence-electron chi connectivity index (χ2n) is 4.72. The van der Waals surface area contributed by atoms with Crippen LogP contribution in [0.5, 0.6) is 0 Å². The minimum atomic E-state index is -0.671. The highest BCUT2D eigenvalue weighted by atomic mass is 35.5. The molecule has 0 aliphatic carbocycles. The van der Waals surface area contributed by atoms with Gasteiger partial charge in [-0.15, -0.1) is 0 Å². The summed E-state index contributed by atoms with van der Waals surface area (Å²) in [6, 6.07) is 10.5. The lowest BCUT2D eigenvalue weighted by molar-refractivity contribution is 0.588. The highest BCUT2D eigenvalue weighted by molar-refractivity contribution is 6.30. The maximum absolute atomic E-state index is 14.1. The van der Waals surface area contributed by atoms with Crippen LogP contribution >= 0.6 is 23.2 Å². The van der Waals surface area contributed by atoms with Gasteiger partial charge in [0.05, 0.1) is 17.0 Å². The number of benzene rings is 2. The summed E-state index contributed by atoms with van der Waals surface area (Å²) in [5.41, 5.74) is 1.17. The van der Waals surface area contributed by atoms with Gasteiger partial charge in [-0.05, 0) is 54.9 Å². The van der Waals surface area contributed by atoms with E-state index in [-0.39, 0.29) is 16.5 Å². The summed E-state index contributed by atoms with van der Waals surface area (Å²) < 4.78 is 29.8. The van der Waals surface area contributed by atoms with Crippen molar-refractivity contribution < 1.29 is 8.78 Å². The number of rotatable bonds is 2. The molecule has 112 valence electrons. The first-order chi connectivity index (χ1) is 10.5. The number of nitrogens with zero attached hydrogens (tertiary/aromatic N) is 2. The largest absolute Gasteiger partial charge is 0.283 e. The number of halogens is 4. The molecule has 0 saturated heterocycles. The minimum Gasteiger partial charge on any atom is -0.283 e. The van der Waals surface area contributed by atoms with Crippen molar-refractivity contribution in [3.8, 4) is 16.9 Å². The summed E-state index contributed by atoms with van der Waals surface area (Å²) in [5.74, 6) is -1.34. The zero-order valence-corrected chi connectivity index (χ0v) is 13.0. The van der Waals surface area contributed by atoms with E-state index in [4.69, 9.17) is 23.2 Å². The van der Waals surface area contributed by atoms with Crippen LogP contribution in [0.15, 0.2) is 42.5 Å². The molecule has 0 radical (unpaired) electrons. The first-order valence-corrected chi connectivity index (χ1v) is 7.20. The summed E-state index contributed by atoms with van der Waals surface area (Å²) in [5, 5.41) is 0.674. The molecule has 0 aliphatic heterocycles. The standard InChI is InChI=1S/C16H10Cl2F2N2/c1-9-15(14-12(19)3-2-4-13(14)20)22(16(18)21-9)11-7-5-10(17)6-8-11/h2-8H,1H3. The summed E-state index contributed by atoms with van der Waals surface area (Å²) >= 11 is 12.0. The molecule has 0 amide bonds. The molecule has 0 aliphatic rings. The Kier molecular flexibility index (Phi) is 3.89. The topological polar surface area (TPSA) is 17.8 Å². The van der Waals surface area contributed by atoms with E-state index in [0.29, 0.717) is 16.4 Å². The summed E-state index contributed by atoms with van der Waals surface area (Å²) in [4.78, 5) is 4.13. The van der Waals surface area contributed by atoms with Gasteiger partial charge in [0.1, 0.15) is 11.6 Å². The number of hydrogen-bond acceptors (Lipinski definition) is 1. The lowest BCUT2D eigenvalue weighted by Crippen LogP contribution is -2.01. The minimum absolute atomic E-state index is 0.123. The summed E-state index contributed by atoms with van der Waals surface area (Å²) in [6.45, 7) is 1.65. The molecule has 0 bridgehead atoms. The van der Waals surface area contributed by atoms with Crippen LogP contribution in [0.4, 0.5) is 8.78 Å². The van der Waals surface area contributed by atoms with Gasteiger partial charge >= 0.3 is 0 Å². The fourth-order valence-corrected chi connectivity index (χ4v) is 2.77. The fourth-order valence-electron chi connectivity index (χ4n) is 2.34. The lowest BCUT2D eigenvalue weighted by Gasteiger charge is -2.12. The number of hydrogen-bond donors (Lipinski definition) is 0. The molecule has 1 heterocycles. The molecule has 3 aromatic rings. The highest BCUT2D eigenvalue weighted by Gasteiger charge is 2.22. The molecule has 2 aromatic carbocycles. The number of aromatic nitrogens is 2. The summed E-state index contributed by atoms with van der Waals surface area (Å²) in [7, 11) is 0. The molecule has 0 N–H and O–H groups in total. The van der Waals surface area contributed by atoms with E-state index in [9.17, 15) is 8.78 Å². The summed E-state index contributed by atoms with van der Waals surface area (Å²) in [6.07, 6.45) is 0. The molecule has 0 atom stereocenters. The third-order valence-electron chi connectivity index (χ3n) is 3.30. The van der Waals surface area contributed by atoms with Crippen LogP contribution in [0, 0.1) is 18.6 Å². The van der Waals surface area contributed by atoms with E-state index >= 15 is 0 Å². The zero-order valence-electron chi connectivity index (χ0n) is 11.4. The van der Waals surface area contributed by atoms with Gasteiger partial charge in [-0.3, -0.25) is 4.57 Å². The molecule has 0 spiro atoms. The monoisotopic (exact) mass is 338 g/mol. The predicted molar refractivity (Wildman–Crippen MR) is 83.7 cm³/mol. The molecular formula is C16H10Cl2F2N2. The van der Waals surface area contributed by atoms with E-state index < -0.39 is 11.6 Å². The average molecular weight is 339 g/mol. The van der Waals surface area contributed by atoms with Gasteiger partial charge < -0.3 is 0 Å². The Morgan fingerprint density at radius 3 is 2.14 bits per heavy atom. The third-order valence-corrected chi connectivity index (χ3v) is 3.80. The molecule has 22 heavy (non-hydrogen) atoms. The van der Waals surface area contributed by atoms with Gasteiger partial charge in [0, 0.05) is 10.7 Å². The Morgan fingerprint density at radius 2 is 1.55 bits per heavy atom. The SMILES string of the molecule is Cc1nc(Cl)n(-c2ccc(Cl)cc2)c1-c1c(F)cccc1F. The van der Waals surface area contributed by atoms with Crippen molar-refractivity contribution in [3.63, 3.8) is 0 Å². The second-order valence-corrected chi connectivity index (χ2v) is 5.50. The van der Waals surface area contributed by atoms with Crippen molar-refractivity contribution in [1.29, 1.82) is 0 Å². The zero-order chi connectivity index (χ0) is 15.9. The Labute approximate surface area is 135 Å². The lowest BCUT2D eigenvalue weighted by atomic mass is 10.1. The van der Waals surface area contributed by atoms with Crippen molar-refractivity contribution in [3.05, 3.63) is 70.1 Å². The molecule has 1 aromatic heterocycles. The Balaban J connectivity index is 2.32. The molecule has 0 fully saturated rings. The maximum Gasteiger partial charge on any atom is 0.208 e. The van der Waals surface area contributed by atoms with Crippen LogP contribution in [0.3, 0.4) is 0 Å². The van der Waals surface area contributed by atoms with Gasteiger partial charge in [0.25, 0.3) is 0 Å². The molecule has 0 saturated carbocycles. The first-order valence-electron chi connectivity index (χ1n) is 6.44. The smallest absolute Gasteiger partial charge is 0.208 e. The van der Waals surface area contributed by atoms with E-state index in [1.165, 1.54) is 22.8 Å². The van der Waals surface area contributed by atoms with Crippen LogP contribution in [-0.4, -0.2) is 9.55 Å². The Bertz CT molecular complexity index is 822. The third kappa shape index (κ3) is 2.49. The van der Waals surface area contributed by atoms with Crippen molar-refractivity contribution in [2.45, 2.75) is 6.92 Å². The van der Waals surface area contributed by atoms with Crippen LogP contribution in [0.25, 0.3) is 16.9 Å². The van der Waals surface area contributed by atoms with Crippen LogP contribution in [0.1, 0.15) is 5.69 Å². The molecular weight excluding hydrogens is 329 g/mol. The number of aryl methyl sites for hydroxylation is 1. The predicted octanol–water partition coefficient (Wildman–Crippen LogP) is 5.43. The van der Waals surface area contributed by atoms with Crippen molar-refractivity contribution >= 4 is 23.2 Å². The highest BCUT2D eigenvalue weighted by Crippen LogP contribution is 2.34.